The van der Waals surface area contributed by atoms with Gasteiger partial charge in [0.25, 0.3) is 0 Å². The molecule has 1 aliphatic rings. The first-order valence-electron chi connectivity index (χ1n) is 9.89. The minimum atomic E-state index is 0.0532. The van der Waals surface area contributed by atoms with E-state index in [0.717, 1.165) is 37.5 Å². The van der Waals surface area contributed by atoms with Crippen LogP contribution in [-0.4, -0.2) is 32.8 Å². The molecule has 0 amide bonds. The smallest absolute Gasteiger partial charge is 0.0629 e. The molecular formula is C22H38N2O. The lowest BCUT2D eigenvalue weighted by atomic mass is 9.73. The van der Waals surface area contributed by atoms with Crippen LogP contribution in [0.15, 0.2) is 24.3 Å². The van der Waals surface area contributed by atoms with Gasteiger partial charge in [-0.1, -0.05) is 26.0 Å². The molecular weight excluding hydrogens is 308 g/mol. The molecule has 3 nitrogen and oxygen atoms in total. The second kappa shape index (κ2) is 9.05. The molecule has 1 fully saturated rings. The molecule has 1 aromatic rings. The van der Waals surface area contributed by atoms with Crippen molar-refractivity contribution < 1.29 is 4.74 Å². The molecule has 1 saturated heterocycles. The monoisotopic (exact) mass is 346 g/mol. The first-order valence-corrected chi connectivity index (χ1v) is 9.89. The van der Waals surface area contributed by atoms with Crippen LogP contribution < -0.4 is 10.2 Å². The first kappa shape index (κ1) is 20.3. The summed E-state index contributed by atoms with van der Waals surface area (Å²) in [6.07, 6.45) is 3.67. The number of hydrogen-bond donors (Lipinski definition) is 1. The summed E-state index contributed by atoms with van der Waals surface area (Å²) in [5.74, 6) is 2.32. The van der Waals surface area contributed by atoms with Crippen LogP contribution in [-0.2, 0) is 11.3 Å². The third-order valence-electron chi connectivity index (χ3n) is 5.63. The predicted octanol–water partition coefficient (Wildman–Crippen LogP) is 4.71. The van der Waals surface area contributed by atoms with Gasteiger partial charge in [0.1, 0.15) is 0 Å². The molecule has 142 valence electrons. The van der Waals surface area contributed by atoms with Gasteiger partial charge in [-0.05, 0) is 75.1 Å². The second-order valence-corrected chi connectivity index (χ2v) is 8.80. The molecule has 0 radical (unpaired) electrons. The largest absolute Gasteiger partial charge is 0.378 e. The zero-order chi connectivity index (χ0) is 18.4. The van der Waals surface area contributed by atoms with E-state index in [4.69, 9.17) is 4.74 Å². The molecule has 1 aromatic carbocycles. The first-order chi connectivity index (χ1) is 11.8. The maximum Gasteiger partial charge on any atom is 0.0629 e. The van der Waals surface area contributed by atoms with Crippen LogP contribution in [0, 0.1) is 17.8 Å². The molecule has 1 N–H and O–H groups in total. The summed E-state index contributed by atoms with van der Waals surface area (Å²) in [5.41, 5.74) is 2.67. The molecule has 3 heteroatoms. The molecule has 0 aromatic heterocycles. The molecule has 2 atom stereocenters. The Hall–Kier alpha value is -1.06. The van der Waals surface area contributed by atoms with E-state index in [1.165, 1.54) is 30.5 Å². The van der Waals surface area contributed by atoms with Crippen molar-refractivity contribution in [1.29, 1.82) is 0 Å². The molecule has 1 heterocycles. The van der Waals surface area contributed by atoms with E-state index < -0.39 is 0 Å². The third-order valence-corrected chi connectivity index (χ3v) is 5.63. The zero-order valence-corrected chi connectivity index (χ0v) is 17.1. The Morgan fingerprint density at radius 1 is 1.20 bits per heavy atom. The van der Waals surface area contributed by atoms with Crippen LogP contribution in [0.4, 0.5) is 5.69 Å². The summed E-state index contributed by atoms with van der Waals surface area (Å²) >= 11 is 0. The number of rotatable bonds is 8. The van der Waals surface area contributed by atoms with Gasteiger partial charge in [-0.2, -0.15) is 0 Å². The van der Waals surface area contributed by atoms with E-state index in [0.29, 0.717) is 0 Å². The molecule has 0 unspecified atom stereocenters. The van der Waals surface area contributed by atoms with Crippen molar-refractivity contribution in [3.8, 4) is 0 Å². The van der Waals surface area contributed by atoms with Crippen LogP contribution in [0.2, 0.25) is 0 Å². The summed E-state index contributed by atoms with van der Waals surface area (Å²) in [6.45, 7) is 12.2. The number of nitrogens with zero attached hydrogens (tertiary/aromatic N) is 1. The molecule has 2 rings (SSSR count). The maximum absolute atomic E-state index is 5.92. The Morgan fingerprint density at radius 3 is 2.44 bits per heavy atom. The molecule has 0 saturated carbocycles. The molecule has 0 bridgehead atoms. The summed E-state index contributed by atoms with van der Waals surface area (Å²) in [5, 5.41) is 3.65. The highest BCUT2D eigenvalue weighted by atomic mass is 16.5. The Bertz CT molecular complexity index is 507. The van der Waals surface area contributed by atoms with Crippen molar-refractivity contribution in [1.82, 2.24) is 5.32 Å². The van der Waals surface area contributed by atoms with E-state index >= 15 is 0 Å². The molecule has 0 aliphatic carbocycles. The van der Waals surface area contributed by atoms with E-state index in [1.807, 2.05) is 0 Å². The highest BCUT2D eigenvalue weighted by Gasteiger charge is 2.34. The second-order valence-electron chi connectivity index (χ2n) is 8.80. The Kier molecular flexibility index (Phi) is 7.33. The predicted molar refractivity (Wildman–Crippen MR) is 108 cm³/mol. The van der Waals surface area contributed by atoms with Gasteiger partial charge in [0.15, 0.2) is 0 Å². The fraction of sp³-hybridized carbons (Fsp3) is 0.727. The summed E-state index contributed by atoms with van der Waals surface area (Å²) in [6, 6.07) is 8.84. The lowest BCUT2D eigenvalue weighted by Gasteiger charge is -2.40. The minimum Gasteiger partial charge on any atom is -0.378 e. The fourth-order valence-corrected chi connectivity index (χ4v) is 4.17. The zero-order valence-electron chi connectivity index (χ0n) is 17.1. The van der Waals surface area contributed by atoms with Crippen molar-refractivity contribution in [3.05, 3.63) is 29.8 Å². The van der Waals surface area contributed by atoms with Gasteiger partial charge < -0.3 is 15.0 Å². The molecule has 1 aliphatic heterocycles. The van der Waals surface area contributed by atoms with Crippen LogP contribution in [0.5, 0.6) is 0 Å². The van der Waals surface area contributed by atoms with Gasteiger partial charge in [0.2, 0.25) is 0 Å². The number of nitrogens with one attached hydrogen (secondary N) is 1. The summed E-state index contributed by atoms with van der Waals surface area (Å²) in [7, 11) is 4.16. The Morgan fingerprint density at radius 2 is 1.88 bits per heavy atom. The van der Waals surface area contributed by atoms with Crippen molar-refractivity contribution in [2.24, 2.45) is 17.8 Å². The van der Waals surface area contributed by atoms with Gasteiger partial charge >= 0.3 is 0 Å². The normalized spacial score (nSPS) is 21.3. The highest BCUT2D eigenvalue weighted by molar-refractivity contribution is 5.45. The van der Waals surface area contributed by atoms with E-state index in [-0.39, 0.29) is 5.60 Å². The van der Waals surface area contributed by atoms with Crippen molar-refractivity contribution in [2.75, 3.05) is 32.1 Å². The number of ether oxygens (including phenoxy) is 1. The van der Waals surface area contributed by atoms with Crippen LogP contribution >= 0.6 is 0 Å². The SMILES string of the molecule is CC(C)[C@H](CCNCc1ccc(N(C)C)cc1)[C@H]1CCOC(C)(C)C1. The topological polar surface area (TPSA) is 24.5 Å². The third kappa shape index (κ3) is 6.31. The lowest BCUT2D eigenvalue weighted by molar-refractivity contribution is -0.0867. The molecule has 25 heavy (non-hydrogen) atoms. The van der Waals surface area contributed by atoms with Gasteiger partial charge in [0.05, 0.1) is 5.60 Å². The minimum absolute atomic E-state index is 0.0532. The van der Waals surface area contributed by atoms with Crippen molar-refractivity contribution in [3.63, 3.8) is 0 Å². The van der Waals surface area contributed by atoms with E-state index in [1.54, 1.807) is 0 Å². The van der Waals surface area contributed by atoms with E-state index in [9.17, 15) is 0 Å². The number of anilines is 1. The molecule has 0 spiro atoms. The summed E-state index contributed by atoms with van der Waals surface area (Å²) < 4.78 is 5.92. The quantitative estimate of drug-likeness (QED) is 0.690. The Labute approximate surface area is 155 Å². The maximum atomic E-state index is 5.92. The van der Waals surface area contributed by atoms with Crippen LogP contribution in [0.3, 0.4) is 0 Å². The van der Waals surface area contributed by atoms with E-state index in [2.05, 4.69) is 76.3 Å². The number of hydrogen-bond acceptors (Lipinski definition) is 3. The average Bonchev–Trinajstić information content (AvgIpc) is 2.53. The van der Waals surface area contributed by atoms with Crippen molar-refractivity contribution >= 4 is 5.69 Å². The van der Waals surface area contributed by atoms with Crippen molar-refractivity contribution in [2.45, 2.75) is 59.1 Å². The van der Waals surface area contributed by atoms with Gasteiger partial charge in [0, 0.05) is 32.9 Å². The lowest BCUT2D eigenvalue weighted by Crippen LogP contribution is -2.38. The highest BCUT2D eigenvalue weighted by Crippen LogP contribution is 2.37. The standard InChI is InChI=1S/C22H38N2O/c1-17(2)21(19-12-14-25-22(3,4)15-19)11-13-23-16-18-7-9-20(10-8-18)24(5)6/h7-10,17,19,21,23H,11-16H2,1-6H3/t19-,21-/m0/s1. The van der Waals surface area contributed by atoms with Gasteiger partial charge in [-0.25, -0.2) is 0 Å². The Balaban J connectivity index is 1.79. The van der Waals surface area contributed by atoms with Crippen LogP contribution in [0.25, 0.3) is 0 Å². The fourth-order valence-electron chi connectivity index (χ4n) is 4.17. The van der Waals surface area contributed by atoms with Crippen LogP contribution in [0.1, 0.15) is 52.5 Å². The van der Waals surface area contributed by atoms with Gasteiger partial charge in [-0.15, -0.1) is 0 Å². The number of benzene rings is 1. The summed E-state index contributed by atoms with van der Waals surface area (Å²) in [4.78, 5) is 2.14. The average molecular weight is 347 g/mol. The van der Waals surface area contributed by atoms with Gasteiger partial charge in [-0.3, -0.25) is 0 Å².